The minimum Gasteiger partial charge on any atom is -0.369 e. The second kappa shape index (κ2) is 8.43. The number of hydrogen-bond acceptors (Lipinski definition) is 3. The van der Waals surface area contributed by atoms with Crippen LogP contribution in [0.2, 0.25) is 0 Å². The van der Waals surface area contributed by atoms with Crippen LogP contribution in [0.4, 0.5) is 10.1 Å². The standard InChI is InChI=1S/C22H24FN3O3/c1-13-6-7-16(12-17(13)23)21(28)25-18-5-3-4-14(2)19(18)22(29)26-10-8-15(9-11-26)20(24)27/h3-7,12,15H,8-11H2,1-2H3,(H2,24,27)(H,25,28). The van der Waals surface area contributed by atoms with Gasteiger partial charge in [0.2, 0.25) is 5.91 Å². The molecule has 0 bridgehead atoms. The molecule has 1 heterocycles. The third-order valence-corrected chi connectivity index (χ3v) is 5.35. The number of halogens is 1. The smallest absolute Gasteiger partial charge is 0.256 e. The minimum atomic E-state index is -0.490. The van der Waals surface area contributed by atoms with Crippen molar-refractivity contribution < 1.29 is 18.8 Å². The predicted octanol–water partition coefficient (Wildman–Crippen LogP) is 3.03. The molecule has 2 aromatic rings. The first-order chi connectivity index (χ1) is 13.8. The van der Waals surface area contributed by atoms with Gasteiger partial charge in [0.1, 0.15) is 5.82 Å². The van der Waals surface area contributed by atoms with E-state index in [1.165, 1.54) is 12.1 Å². The van der Waals surface area contributed by atoms with Gasteiger partial charge >= 0.3 is 0 Å². The van der Waals surface area contributed by atoms with E-state index in [1.807, 2.05) is 0 Å². The summed E-state index contributed by atoms with van der Waals surface area (Å²) in [5.74, 6) is -1.72. The molecule has 6 nitrogen and oxygen atoms in total. The summed E-state index contributed by atoms with van der Waals surface area (Å²) in [6.45, 7) is 4.27. The number of carbonyl (C=O) groups is 3. The van der Waals surface area contributed by atoms with Crippen molar-refractivity contribution in [3.8, 4) is 0 Å². The highest BCUT2D eigenvalue weighted by Crippen LogP contribution is 2.25. The van der Waals surface area contributed by atoms with Gasteiger partial charge in [-0.25, -0.2) is 4.39 Å². The van der Waals surface area contributed by atoms with E-state index in [0.29, 0.717) is 42.7 Å². The third kappa shape index (κ3) is 4.45. The molecule has 3 N–H and O–H groups in total. The average Bonchev–Trinajstić information content (AvgIpc) is 2.69. The van der Waals surface area contributed by atoms with Crippen molar-refractivity contribution >= 4 is 23.4 Å². The SMILES string of the molecule is Cc1ccc(C(=O)Nc2cccc(C)c2C(=O)N2CCC(C(N)=O)CC2)cc1F. The molecule has 0 aliphatic carbocycles. The quantitative estimate of drug-likeness (QED) is 0.831. The first-order valence-electron chi connectivity index (χ1n) is 9.53. The zero-order chi connectivity index (χ0) is 21.1. The number of primary amides is 1. The van der Waals surface area contributed by atoms with Crippen LogP contribution in [0.1, 0.15) is 44.7 Å². The van der Waals surface area contributed by atoms with Crippen LogP contribution < -0.4 is 11.1 Å². The van der Waals surface area contributed by atoms with Gasteiger partial charge in [0.25, 0.3) is 11.8 Å². The molecule has 1 aliphatic rings. The van der Waals surface area contributed by atoms with Gasteiger partial charge in [-0.05, 0) is 56.0 Å². The van der Waals surface area contributed by atoms with Crippen molar-refractivity contribution in [1.82, 2.24) is 4.90 Å². The molecule has 0 atom stereocenters. The van der Waals surface area contributed by atoms with E-state index in [4.69, 9.17) is 5.73 Å². The molecule has 0 unspecified atom stereocenters. The maximum Gasteiger partial charge on any atom is 0.256 e. The number of anilines is 1. The Morgan fingerprint density at radius 3 is 2.38 bits per heavy atom. The Bertz CT molecular complexity index is 966. The number of amides is 3. The number of likely N-dealkylation sites (tertiary alicyclic amines) is 1. The van der Waals surface area contributed by atoms with E-state index in [0.717, 1.165) is 5.56 Å². The topological polar surface area (TPSA) is 92.5 Å². The van der Waals surface area contributed by atoms with E-state index in [1.54, 1.807) is 43.0 Å². The summed E-state index contributed by atoms with van der Waals surface area (Å²) in [5.41, 5.74) is 7.48. The highest BCUT2D eigenvalue weighted by molar-refractivity contribution is 6.09. The van der Waals surface area contributed by atoms with Gasteiger partial charge in [0, 0.05) is 24.6 Å². The fraction of sp³-hybridized carbons (Fsp3) is 0.318. The monoisotopic (exact) mass is 397 g/mol. The Balaban J connectivity index is 1.82. The molecule has 0 saturated carbocycles. The number of aryl methyl sites for hydroxylation is 2. The molecule has 1 fully saturated rings. The lowest BCUT2D eigenvalue weighted by atomic mass is 9.95. The number of piperidine rings is 1. The van der Waals surface area contributed by atoms with Crippen molar-refractivity contribution in [3.05, 3.63) is 64.5 Å². The Kier molecular flexibility index (Phi) is 5.96. The zero-order valence-electron chi connectivity index (χ0n) is 16.5. The number of nitrogens with two attached hydrogens (primary N) is 1. The molecular weight excluding hydrogens is 373 g/mol. The lowest BCUT2D eigenvalue weighted by Crippen LogP contribution is -2.42. The summed E-state index contributed by atoms with van der Waals surface area (Å²) < 4.78 is 13.8. The van der Waals surface area contributed by atoms with Crippen molar-refractivity contribution in [1.29, 1.82) is 0 Å². The van der Waals surface area contributed by atoms with Crippen molar-refractivity contribution in [2.45, 2.75) is 26.7 Å². The van der Waals surface area contributed by atoms with E-state index in [-0.39, 0.29) is 23.3 Å². The lowest BCUT2D eigenvalue weighted by Gasteiger charge is -2.31. The first-order valence-corrected chi connectivity index (χ1v) is 9.53. The predicted molar refractivity (Wildman–Crippen MR) is 108 cm³/mol. The van der Waals surface area contributed by atoms with Crippen LogP contribution >= 0.6 is 0 Å². The molecule has 3 amide bonds. The van der Waals surface area contributed by atoms with Crippen molar-refractivity contribution in [2.75, 3.05) is 18.4 Å². The normalized spacial score (nSPS) is 14.5. The van der Waals surface area contributed by atoms with Crippen molar-refractivity contribution in [2.24, 2.45) is 11.7 Å². The van der Waals surface area contributed by atoms with Gasteiger partial charge in [-0.1, -0.05) is 18.2 Å². The molecule has 29 heavy (non-hydrogen) atoms. The summed E-state index contributed by atoms with van der Waals surface area (Å²) in [5, 5.41) is 2.73. The molecule has 2 aromatic carbocycles. The Labute approximate surface area is 168 Å². The van der Waals surface area contributed by atoms with Gasteiger partial charge in [-0.3, -0.25) is 14.4 Å². The van der Waals surface area contributed by atoms with Crippen LogP contribution in [0.25, 0.3) is 0 Å². The van der Waals surface area contributed by atoms with Crippen LogP contribution in [0.15, 0.2) is 36.4 Å². The molecule has 152 valence electrons. The molecule has 7 heteroatoms. The van der Waals surface area contributed by atoms with Crippen LogP contribution in [-0.4, -0.2) is 35.7 Å². The maximum atomic E-state index is 13.8. The summed E-state index contributed by atoms with van der Waals surface area (Å²) in [7, 11) is 0. The van der Waals surface area contributed by atoms with Gasteiger partial charge in [0.15, 0.2) is 0 Å². The van der Waals surface area contributed by atoms with E-state index < -0.39 is 11.7 Å². The van der Waals surface area contributed by atoms with E-state index >= 15 is 0 Å². The van der Waals surface area contributed by atoms with Crippen LogP contribution in [-0.2, 0) is 4.79 Å². The fourth-order valence-corrected chi connectivity index (χ4v) is 3.51. The summed E-state index contributed by atoms with van der Waals surface area (Å²) >= 11 is 0. The van der Waals surface area contributed by atoms with E-state index in [2.05, 4.69) is 5.32 Å². The zero-order valence-corrected chi connectivity index (χ0v) is 16.5. The molecule has 0 aromatic heterocycles. The third-order valence-electron chi connectivity index (χ3n) is 5.35. The number of hydrogen-bond donors (Lipinski definition) is 2. The fourth-order valence-electron chi connectivity index (χ4n) is 3.51. The van der Waals surface area contributed by atoms with E-state index in [9.17, 15) is 18.8 Å². The first kappa shape index (κ1) is 20.5. The summed E-state index contributed by atoms with van der Waals surface area (Å²) in [6, 6.07) is 9.45. The number of carbonyl (C=O) groups excluding carboxylic acids is 3. The lowest BCUT2D eigenvalue weighted by molar-refractivity contribution is -0.123. The Morgan fingerprint density at radius 1 is 1.07 bits per heavy atom. The molecule has 3 rings (SSSR count). The van der Waals surface area contributed by atoms with Gasteiger partial charge in [-0.15, -0.1) is 0 Å². The molecule has 1 aliphatic heterocycles. The Hall–Kier alpha value is -3.22. The molecule has 1 saturated heterocycles. The highest BCUT2D eigenvalue weighted by Gasteiger charge is 2.28. The molecule has 0 radical (unpaired) electrons. The Morgan fingerprint density at radius 2 is 1.76 bits per heavy atom. The van der Waals surface area contributed by atoms with Crippen LogP contribution in [0, 0.1) is 25.6 Å². The largest absolute Gasteiger partial charge is 0.369 e. The molecular formula is C22H24FN3O3. The summed E-state index contributed by atoms with van der Waals surface area (Å²) in [6.07, 6.45) is 1.05. The van der Waals surface area contributed by atoms with Gasteiger partial charge in [-0.2, -0.15) is 0 Å². The van der Waals surface area contributed by atoms with Gasteiger partial charge < -0.3 is 16.0 Å². The van der Waals surface area contributed by atoms with Crippen LogP contribution in [0.3, 0.4) is 0 Å². The average molecular weight is 397 g/mol. The number of rotatable bonds is 4. The number of nitrogens with one attached hydrogen (secondary N) is 1. The summed E-state index contributed by atoms with van der Waals surface area (Å²) in [4.78, 5) is 38.8. The van der Waals surface area contributed by atoms with Gasteiger partial charge in [0.05, 0.1) is 11.3 Å². The minimum absolute atomic E-state index is 0.176. The van der Waals surface area contributed by atoms with Crippen molar-refractivity contribution in [3.63, 3.8) is 0 Å². The molecule has 0 spiro atoms. The van der Waals surface area contributed by atoms with Crippen LogP contribution in [0.5, 0.6) is 0 Å². The maximum absolute atomic E-state index is 13.8. The number of benzene rings is 2. The number of nitrogens with zero attached hydrogens (tertiary/aromatic N) is 1. The second-order valence-electron chi connectivity index (χ2n) is 7.38. The highest BCUT2D eigenvalue weighted by atomic mass is 19.1. The second-order valence-corrected chi connectivity index (χ2v) is 7.38.